The molecule has 0 saturated carbocycles. The Bertz CT molecular complexity index is 1140. The third-order valence-corrected chi connectivity index (χ3v) is 5.78. The lowest BCUT2D eigenvalue weighted by Crippen LogP contribution is -2.32. The van der Waals surface area contributed by atoms with Crippen LogP contribution >= 0.6 is 0 Å². The largest absolute Gasteiger partial charge is 0.350 e. The molecule has 0 unspecified atom stereocenters. The fourth-order valence-corrected chi connectivity index (χ4v) is 3.55. The van der Waals surface area contributed by atoms with Gasteiger partial charge in [0.15, 0.2) is 0 Å². The van der Waals surface area contributed by atoms with Crippen molar-refractivity contribution in [1.29, 1.82) is 0 Å². The number of carbonyl (C=O) groups is 1. The molecule has 3 rings (SSSR count). The number of benzene rings is 2. The van der Waals surface area contributed by atoms with Gasteiger partial charge in [-0.05, 0) is 36.9 Å². The van der Waals surface area contributed by atoms with E-state index in [1.165, 1.54) is 28.3 Å². The topological polar surface area (TPSA) is 102 Å². The first-order valence-corrected chi connectivity index (χ1v) is 9.75. The molecule has 2 aromatic carbocycles. The average molecular weight is 388 g/mol. The minimum atomic E-state index is -3.49. The molecule has 0 atom stereocenters. The predicted molar refractivity (Wildman–Crippen MR) is 102 cm³/mol. The number of hydrogen-bond acceptors (Lipinski definition) is 4. The first-order valence-electron chi connectivity index (χ1n) is 8.27. The van der Waals surface area contributed by atoms with Gasteiger partial charge in [0.25, 0.3) is 0 Å². The summed E-state index contributed by atoms with van der Waals surface area (Å²) in [4.78, 5) is 24.8. The number of rotatable bonds is 6. The summed E-state index contributed by atoms with van der Waals surface area (Å²) in [6, 6.07) is 13.5. The number of aryl methyl sites for hydroxylation is 1. The zero-order chi connectivity index (χ0) is 19.6. The minimum Gasteiger partial charge on any atom is -0.350 e. The van der Waals surface area contributed by atoms with Gasteiger partial charge in [0, 0.05) is 13.6 Å². The maximum Gasteiger partial charge on any atom is 0.329 e. The second-order valence-electron chi connectivity index (χ2n) is 6.04. The smallest absolute Gasteiger partial charge is 0.329 e. The molecule has 27 heavy (non-hydrogen) atoms. The molecule has 0 spiro atoms. The van der Waals surface area contributed by atoms with E-state index in [4.69, 9.17) is 0 Å². The van der Waals surface area contributed by atoms with Gasteiger partial charge in [0.1, 0.15) is 6.54 Å². The third-order valence-electron chi connectivity index (χ3n) is 4.35. The van der Waals surface area contributed by atoms with Crippen LogP contribution < -0.4 is 15.7 Å². The van der Waals surface area contributed by atoms with Crippen LogP contribution in [0.4, 0.5) is 0 Å². The minimum absolute atomic E-state index is 0.0909. The summed E-state index contributed by atoms with van der Waals surface area (Å²) in [5.41, 5.74) is 1.95. The highest BCUT2D eigenvalue weighted by Crippen LogP contribution is 2.12. The first-order chi connectivity index (χ1) is 12.8. The van der Waals surface area contributed by atoms with Crippen LogP contribution in [0.25, 0.3) is 11.0 Å². The molecule has 3 aromatic rings. The number of nitrogens with one attached hydrogen (secondary N) is 2. The van der Waals surface area contributed by atoms with Crippen molar-refractivity contribution in [3.05, 3.63) is 64.6 Å². The lowest BCUT2D eigenvalue weighted by atomic mass is 10.2. The van der Waals surface area contributed by atoms with Gasteiger partial charge in [0.05, 0.1) is 15.9 Å². The number of aromatic nitrogens is 2. The Hall–Kier alpha value is -2.91. The van der Waals surface area contributed by atoms with Gasteiger partial charge in [-0.3, -0.25) is 13.9 Å². The van der Waals surface area contributed by atoms with Crippen LogP contribution in [0.5, 0.6) is 0 Å². The fraction of sp³-hybridized carbons (Fsp3) is 0.222. The highest BCUT2D eigenvalue weighted by molar-refractivity contribution is 7.89. The van der Waals surface area contributed by atoms with E-state index >= 15 is 0 Å². The Kier molecular flexibility index (Phi) is 5.15. The molecule has 142 valence electrons. The van der Waals surface area contributed by atoms with Gasteiger partial charge >= 0.3 is 5.69 Å². The Morgan fingerprint density at radius 3 is 2.30 bits per heavy atom. The summed E-state index contributed by atoms with van der Waals surface area (Å²) in [6.45, 7) is 0.143. The van der Waals surface area contributed by atoms with E-state index in [1.54, 1.807) is 25.2 Å². The maximum atomic E-state index is 12.3. The van der Waals surface area contributed by atoms with Crippen molar-refractivity contribution in [2.24, 2.45) is 7.05 Å². The number of hydrogen-bond donors (Lipinski definition) is 2. The van der Waals surface area contributed by atoms with Crippen molar-refractivity contribution in [1.82, 2.24) is 19.2 Å². The van der Waals surface area contributed by atoms with Crippen molar-refractivity contribution in [3.8, 4) is 0 Å². The van der Waals surface area contributed by atoms with Crippen molar-refractivity contribution in [3.63, 3.8) is 0 Å². The molecule has 0 aliphatic heterocycles. The van der Waals surface area contributed by atoms with E-state index in [9.17, 15) is 18.0 Å². The van der Waals surface area contributed by atoms with Crippen LogP contribution in [0.3, 0.4) is 0 Å². The van der Waals surface area contributed by atoms with Crippen LogP contribution in [0.2, 0.25) is 0 Å². The molecule has 0 radical (unpaired) electrons. The predicted octanol–water partition coefficient (Wildman–Crippen LogP) is 0.565. The molecule has 2 N–H and O–H groups in total. The van der Waals surface area contributed by atoms with Gasteiger partial charge in [-0.2, -0.15) is 0 Å². The Labute approximate surface area is 156 Å². The van der Waals surface area contributed by atoms with Crippen LogP contribution in [-0.4, -0.2) is 30.5 Å². The third kappa shape index (κ3) is 3.79. The van der Waals surface area contributed by atoms with Crippen LogP contribution in [0.15, 0.2) is 58.2 Å². The molecule has 0 aliphatic rings. The van der Waals surface area contributed by atoms with Gasteiger partial charge in [0.2, 0.25) is 15.9 Å². The molecule has 1 heterocycles. The Balaban J connectivity index is 1.69. The standard InChI is InChI=1S/C18H20N4O4S/c1-19-27(25,26)14-9-7-13(8-10-14)11-20-17(23)12-22-16-6-4-3-5-15(16)21(2)18(22)24/h3-10,19H,11-12H2,1-2H3,(H,20,23). The number of para-hydroxylation sites is 2. The SMILES string of the molecule is CNS(=O)(=O)c1ccc(CNC(=O)Cn2c(=O)n(C)c3ccccc32)cc1. The molecule has 9 heteroatoms. The van der Waals surface area contributed by atoms with E-state index in [2.05, 4.69) is 10.0 Å². The summed E-state index contributed by atoms with van der Waals surface area (Å²) >= 11 is 0. The van der Waals surface area contributed by atoms with Gasteiger partial charge in [-0.25, -0.2) is 17.9 Å². The number of amides is 1. The summed E-state index contributed by atoms with van der Waals surface area (Å²) in [6.07, 6.45) is 0. The number of imidazole rings is 1. The molecule has 0 aliphatic carbocycles. The van der Waals surface area contributed by atoms with E-state index < -0.39 is 10.0 Å². The highest BCUT2D eigenvalue weighted by atomic mass is 32.2. The summed E-state index contributed by atoms with van der Waals surface area (Å²) < 4.78 is 28.6. The molecule has 8 nitrogen and oxygen atoms in total. The molecule has 0 fully saturated rings. The van der Waals surface area contributed by atoms with E-state index in [-0.39, 0.29) is 29.6 Å². The molecule has 1 aromatic heterocycles. The summed E-state index contributed by atoms with van der Waals surface area (Å²) in [5, 5.41) is 2.75. The maximum absolute atomic E-state index is 12.3. The molecule has 0 bridgehead atoms. The highest BCUT2D eigenvalue weighted by Gasteiger charge is 2.13. The zero-order valence-electron chi connectivity index (χ0n) is 15.0. The Morgan fingerprint density at radius 1 is 1.04 bits per heavy atom. The monoisotopic (exact) mass is 388 g/mol. The zero-order valence-corrected chi connectivity index (χ0v) is 15.8. The van der Waals surface area contributed by atoms with E-state index in [0.29, 0.717) is 5.52 Å². The van der Waals surface area contributed by atoms with Crippen molar-refractivity contribution >= 4 is 27.0 Å². The second-order valence-corrected chi connectivity index (χ2v) is 7.93. The lowest BCUT2D eigenvalue weighted by molar-refractivity contribution is -0.121. The van der Waals surface area contributed by atoms with Gasteiger partial charge in [-0.1, -0.05) is 24.3 Å². The van der Waals surface area contributed by atoms with Gasteiger partial charge < -0.3 is 5.32 Å². The van der Waals surface area contributed by atoms with Crippen LogP contribution in [0.1, 0.15) is 5.56 Å². The lowest BCUT2D eigenvalue weighted by Gasteiger charge is -2.08. The first kappa shape index (κ1) is 18.9. The van der Waals surface area contributed by atoms with Crippen molar-refractivity contribution in [2.45, 2.75) is 18.0 Å². The molecule has 1 amide bonds. The van der Waals surface area contributed by atoms with E-state index in [1.807, 2.05) is 18.2 Å². The fourth-order valence-electron chi connectivity index (χ4n) is 2.82. The van der Waals surface area contributed by atoms with Gasteiger partial charge in [-0.15, -0.1) is 0 Å². The number of carbonyl (C=O) groups excluding carboxylic acids is 1. The van der Waals surface area contributed by atoms with Crippen molar-refractivity contribution < 1.29 is 13.2 Å². The number of fused-ring (bicyclic) bond motifs is 1. The molecular weight excluding hydrogens is 368 g/mol. The van der Waals surface area contributed by atoms with Crippen LogP contribution in [0, 0.1) is 0 Å². The average Bonchev–Trinajstić information content (AvgIpc) is 2.92. The summed E-state index contributed by atoms with van der Waals surface area (Å²) in [5.74, 6) is -0.305. The van der Waals surface area contributed by atoms with Crippen LogP contribution in [-0.2, 0) is 35.0 Å². The molecule has 0 saturated heterocycles. The van der Waals surface area contributed by atoms with E-state index in [0.717, 1.165) is 11.1 Å². The normalized spacial score (nSPS) is 11.6. The summed E-state index contributed by atoms with van der Waals surface area (Å²) in [7, 11) is -0.475. The molecular formula is C18H20N4O4S. The number of nitrogens with zero attached hydrogens (tertiary/aromatic N) is 2. The number of sulfonamides is 1. The van der Waals surface area contributed by atoms with Crippen molar-refractivity contribution in [2.75, 3.05) is 7.05 Å². The Morgan fingerprint density at radius 2 is 1.67 bits per heavy atom. The quantitative estimate of drug-likeness (QED) is 0.644. The second kappa shape index (κ2) is 7.37.